The van der Waals surface area contributed by atoms with Crippen LogP contribution in [0.25, 0.3) is 0 Å². The van der Waals surface area contributed by atoms with E-state index in [2.05, 4.69) is 5.32 Å². The summed E-state index contributed by atoms with van der Waals surface area (Å²) in [6, 6.07) is 3.01. The first kappa shape index (κ1) is 13.0. The Morgan fingerprint density at radius 3 is 2.75 bits per heavy atom. The molecule has 90 valence electrons. The van der Waals surface area contributed by atoms with Crippen LogP contribution in [0.2, 0.25) is 0 Å². The van der Waals surface area contributed by atoms with E-state index in [4.69, 9.17) is 5.73 Å². The Balaban J connectivity index is 2.81. The van der Waals surface area contributed by atoms with Crippen molar-refractivity contribution in [2.45, 2.75) is 19.9 Å². The van der Waals surface area contributed by atoms with Crippen molar-refractivity contribution in [1.29, 1.82) is 0 Å². The third-order valence-electron chi connectivity index (χ3n) is 2.22. The van der Waals surface area contributed by atoms with Gasteiger partial charge in [-0.2, -0.15) is 0 Å². The van der Waals surface area contributed by atoms with Crippen LogP contribution in [0.1, 0.15) is 12.5 Å². The molecule has 1 aromatic rings. The molecule has 0 saturated heterocycles. The van der Waals surface area contributed by atoms with Gasteiger partial charge < -0.3 is 11.1 Å². The van der Waals surface area contributed by atoms with Gasteiger partial charge in [0.1, 0.15) is 5.82 Å². The summed E-state index contributed by atoms with van der Waals surface area (Å²) < 4.78 is 24.2. The molecule has 0 spiro atoms. The third kappa shape index (κ3) is 3.48. The molecule has 1 rings (SSSR count). The smallest absolute Gasteiger partial charge is 0.128 e. The number of nitrogen functional groups attached to an aromatic ring is 1. The fraction of sp³-hybridized carbons (Fsp3) is 0.455. The van der Waals surface area contributed by atoms with E-state index in [1.165, 1.54) is 6.07 Å². The van der Waals surface area contributed by atoms with Crippen molar-refractivity contribution < 1.29 is 8.60 Å². The largest absolute Gasteiger partial charge is 0.397 e. The first-order valence-corrected chi connectivity index (χ1v) is 6.75. The van der Waals surface area contributed by atoms with Crippen molar-refractivity contribution >= 4 is 22.2 Å². The van der Waals surface area contributed by atoms with Gasteiger partial charge in [0.25, 0.3) is 0 Å². The Morgan fingerprint density at radius 1 is 1.56 bits per heavy atom. The second-order valence-corrected chi connectivity index (χ2v) is 5.45. The van der Waals surface area contributed by atoms with Gasteiger partial charge in [0, 0.05) is 28.9 Å². The number of halogens is 1. The van der Waals surface area contributed by atoms with Crippen LogP contribution >= 0.6 is 0 Å². The highest BCUT2D eigenvalue weighted by Gasteiger charge is 2.09. The molecule has 0 bridgehead atoms. The van der Waals surface area contributed by atoms with Crippen molar-refractivity contribution in [1.82, 2.24) is 0 Å². The van der Waals surface area contributed by atoms with Gasteiger partial charge in [0.2, 0.25) is 0 Å². The Labute approximate surface area is 97.7 Å². The minimum Gasteiger partial charge on any atom is -0.397 e. The SMILES string of the molecule is Cc1cc(NC(C)CS(C)=O)c(N)cc1F. The van der Waals surface area contributed by atoms with Crippen LogP contribution in [0.3, 0.4) is 0 Å². The standard InChI is InChI=1S/C11H17FN2OS/c1-7-4-11(10(13)5-9(7)12)14-8(2)6-16(3)15/h4-5,8,14H,6,13H2,1-3H3. The van der Waals surface area contributed by atoms with Crippen molar-refractivity contribution in [3.63, 3.8) is 0 Å². The van der Waals surface area contributed by atoms with E-state index in [0.29, 0.717) is 22.7 Å². The highest BCUT2D eigenvalue weighted by Crippen LogP contribution is 2.23. The summed E-state index contributed by atoms with van der Waals surface area (Å²) >= 11 is 0. The summed E-state index contributed by atoms with van der Waals surface area (Å²) in [7, 11) is -0.863. The van der Waals surface area contributed by atoms with Crippen LogP contribution in [0.5, 0.6) is 0 Å². The number of rotatable bonds is 4. The number of anilines is 2. The first-order chi connectivity index (χ1) is 7.40. The normalized spacial score (nSPS) is 14.5. The predicted octanol–water partition coefficient (Wildman–Crippen LogP) is 1.90. The predicted molar refractivity (Wildman–Crippen MR) is 67.6 cm³/mol. The summed E-state index contributed by atoms with van der Waals surface area (Å²) in [5.74, 6) is 0.227. The van der Waals surface area contributed by atoms with E-state index in [0.717, 1.165) is 0 Å². The second-order valence-electron chi connectivity index (χ2n) is 3.97. The van der Waals surface area contributed by atoms with Crippen molar-refractivity contribution in [2.75, 3.05) is 23.1 Å². The molecule has 16 heavy (non-hydrogen) atoms. The Kier molecular flexibility index (Phi) is 4.29. The summed E-state index contributed by atoms with van der Waals surface area (Å²) in [4.78, 5) is 0. The van der Waals surface area contributed by atoms with Crippen LogP contribution in [0.15, 0.2) is 12.1 Å². The number of benzene rings is 1. The van der Waals surface area contributed by atoms with Gasteiger partial charge in [0.05, 0.1) is 11.4 Å². The second kappa shape index (κ2) is 5.30. The van der Waals surface area contributed by atoms with Crippen LogP contribution < -0.4 is 11.1 Å². The molecule has 2 unspecified atom stereocenters. The Morgan fingerprint density at radius 2 is 2.19 bits per heavy atom. The minimum absolute atomic E-state index is 0.0398. The molecule has 0 heterocycles. The van der Waals surface area contributed by atoms with Gasteiger partial charge >= 0.3 is 0 Å². The molecule has 0 aliphatic heterocycles. The quantitative estimate of drug-likeness (QED) is 0.795. The average molecular weight is 244 g/mol. The molecule has 0 aliphatic rings. The van der Waals surface area contributed by atoms with Crippen LogP contribution in [0, 0.1) is 12.7 Å². The summed E-state index contributed by atoms with van der Waals surface area (Å²) in [6.45, 7) is 3.60. The zero-order valence-electron chi connectivity index (χ0n) is 9.71. The van der Waals surface area contributed by atoms with Gasteiger partial charge in [0.15, 0.2) is 0 Å². The molecule has 3 nitrogen and oxygen atoms in total. The molecule has 0 aromatic heterocycles. The molecule has 0 radical (unpaired) electrons. The number of hydrogen-bond acceptors (Lipinski definition) is 3. The minimum atomic E-state index is -0.863. The third-order valence-corrected chi connectivity index (χ3v) is 3.19. The lowest BCUT2D eigenvalue weighted by Crippen LogP contribution is -2.23. The topological polar surface area (TPSA) is 55.1 Å². The van der Waals surface area contributed by atoms with Crippen LogP contribution in [0.4, 0.5) is 15.8 Å². The maximum Gasteiger partial charge on any atom is 0.128 e. The van der Waals surface area contributed by atoms with E-state index in [-0.39, 0.29) is 11.9 Å². The molecule has 0 aliphatic carbocycles. The number of aryl methyl sites for hydroxylation is 1. The van der Waals surface area contributed by atoms with Crippen LogP contribution in [-0.4, -0.2) is 22.3 Å². The summed E-state index contributed by atoms with van der Waals surface area (Å²) in [5.41, 5.74) is 7.30. The number of nitrogens with one attached hydrogen (secondary N) is 1. The highest BCUT2D eigenvalue weighted by molar-refractivity contribution is 7.84. The van der Waals surface area contributed by atoms with E-state index in [1.807, 2.05) is 6.92 Å². The lowest BCUT2D eigenvalue weighted by molar-refractivity contribution is 0.619. The lowest BCUT2D eigenvalue weighted by atomic mass is 10.1. The van der Waals surface area contributed by atoms with Gasteiger partial charge in [-0.25, -0.2) is 4.39 Å². The Hall–Kier alpha value is -1.10. The van der Waals surface area contributed by atoms with Crippen LogP contribution in [-0.2, 0) is 10.8 Å². The molecular weight excluding hydrogens is 227 g/mol. The monoisotopic (exact) mass is 244 g/mol. The summed E-state index contributed by atoms with van der Waals surface area (Å²) in [6.07, 6.45) is 1.65. The van der Waals surface area contributed by atoms with Gasteiger partial charge in [-0.1, -0.05) is 0 Å². The average Bonchev–Trinajstić information content (AvgIpc) is 2.12. The molecule has 2 atom stereocenters. The van der Waals surface area contributed by atoms with Crippen molar-refractivity contribution in [3.05, 3.63) is 23.5 Å². The summed E-state index contributed by atoms with van der Waals surface area (Å²) in [5, 5.41) is 3.12. The van der Waals surface area contributed by atoms with Gasteiger partial charge in [-0.05, 0) is 31.5 Å². The molecular formula is C11H17FN2OS. The number of hydrogen-bond donors (Lipinski definition) is 2. The van der Waals surface area contributed by atoms with E-state index < -0.39 is 10.8 Å². The molecule has 0 fully saturated rings. The highest BCUT2D eigenvalue weighted by atomic mass is 32.2. The Bertz CT molecular complexity index is 409. The fourth-order valence-electron chi connectivity index (χ4n) is 1.48. The van der Waals surface area contributed by atoms with Crippen molar-refractivity contribution in [2.24, 2.45) is 0 Å². The van der Waals surface area contributed by atoms with E-state index in [1.54, 1.807) is 19.2 Å². The van der Waals surface area contributed by atoms with E-state index in [9.17, 15) is 8.60 Å². The maximum atomic E-state index is 13.2. The van der Waals surface area contributed by atoms with Gasteiger partial charge in [-0.15, -0.1) is 0 Å². The first-order valence-electron chi connectivity index (χ1n) is 5.02. The lowest BCUT2D eigenvalue weighted by Gasteiger charge is -2.16. The maximum absolute atomic E-state index is 13.2. The molecule has 5 heteroatoms. The molecule has 3 N–H and O–H groups in total. The molecule has 1 aromatic carbocycles. The molecule has 0 amide bonds. The zero-order valence-corrected chi connectivity index (χ0v) is 10.5. The van der Waals surface area contributed by atoms with Gasteiger partial charge in [-0.3, -0.25) is 4.21 Å². The van der Waals surface area contributed by atoms with Crippen molar-refractivity contribution in [3.8, 4) is 0 Å². The fourth-order valence-corrected chi connectivity index (χ4v) is 2.27. The zero-order chi connectivity index (χ0) is 12.3. The number of nitrogens with two attached hydrogens (primary N) is 1. The van der Waals surface area contributed by atoms with E-state index >= 15 is 0 Å². The molecule has 0 saturated carbocycles.